The number of nitrogens with zero attached hydrogens (tertiary/aromatic N) is 2. The van der Waals surface area contributed by atoms with Crippen molar-refractivity contribution in [2.24, 2.45) is 0 Å². The molecule has 4 nitrogen and oxygen atoms in total. The van der Waals surface area contributed by atoms with Crippen molar-refractivity contribution < 1.29 is 4.74 Å². The topological polar surface area (TPSA) is 39.1 Å². The van der Waals surface area contributed by atoms with Crippen molar-refractivity contribution in [1.82, 2.24) is 15.1 Å². The summed E-state index contributed by atoms with van der Waals surface area (Å²) in [6.45, 7) is 9.55. The number of nitrogens with one attached hydrogen (secondary N) is 1. The van der Waals surface area contributed by atoms with Crippen LogP contribution in [-0.2, 0) is 11.3 Å². The van der Waals surface area contributed by atoms with Crippen molar-refractivity contribution in [2.45, 2.75) is 33.4 Å². The van der Waals surface area contributed by atoms with Gasteiger partial charge >= 0.3 is 0 Å². The van der Waals surface area contributed by atoms with Gasteiger partial charge in [0.2, 0.25) is 0 Å². The number of aromatic nitrogens is 2. The summed E-state index contributed by atoms with van der Waals surface area (Å²) >= 11 is 0. The van der Waals surface area contributed by atoms with Gasteiger partial charge in [0, 0.05) is 24.4 Å². The van der Waals surface area contributed by atoms with E-state index < -0.39 is 0 Å². The van der Waals surface area contributed by atoms with Gasteiger partial charge in [-0.1, -0.05) is 6.92 Å². The van der Waals surface area contributed by atoms with Crippen LogP contribution in [0.25, 0.3) is 0 Å². The highest BCUT2D eigenvalue weighted by molar-refractivity contribution is 5.08. The van der Waals surface area contributed by atoms with E-state index in [1.165, 1.54) is 5.56 Å². The second-order valence-corrected chi connectivity index (χ2v) is 3.51. The number of ether oxygens (including phenoxy) is 1. The predicted octanol–water partition coefficient (Wildman–Crippen LogP) is 1.59. The van der Waals surface area contributed by atoms with E-state index in [1.54, 1.807) is 0 Å². The van der Waals surface area contributed by atoms with Crippen LogP contribution in [0.4, 0.5) is 0 Å². The van der Waals surface area contributed by atoms with E-state index in [2.05, 4.69) is 30.5 Å². The summed E-state index contributed by atoms with van der Waals surface area (Å²) < 4.78 is 7.21. The van der Waals surface area contributed by atoms with Crippen LogP contribution in [0.5, 0.6) is 0 Å². The standard InChI is InChI=1S/C11H21N3O/c1-4-12-10(3)11-8-13-14(9-11)6-7-15-5-2/h8-10,12H,4-7H2,1-3H3. The smallest absolute Gasteiger partial charge is 0.0662 e. The minimum atomic E-state index is 0.371. The first kappa shape index (κ1) is 12.2. The molecular formula is C11H21N3O. The van der Waals surface area contributed by atoms with Crippen molar-refractivity contribution >= 4 is 0 Å². The molecule has 1 atom stereocenters. The minimum absolute atomic E-state index is 0.371. The second-order valence-electron chi connectivity index (χ2n) is 3.51. The van der Waals surface area contributed by atoms with Crippen LogP contribution < -0.4 is 5.32 Å². The minimum Gasteiger partial charge on any atom is -0.380 e. The summed E-state index contributed by atoms with van der Waals surface area (Å²) in [5.41, 5.74) is 1.23. The van der Waals surface area contributed by atoms with Crippen LogP contribution in [0.1, 0.15) is 32.4 Å². The van der Waals surface area contributed by atoms with E-state index in [9.17, 15) is 0 Å². The van der Waals surface area contributed by atoms with Gasteiger partial charge in [0.05, 0.1) is 19.3 Å². The molecule has 0 saturated heterocycles. The van der Waals surface area contributed by atoms with Gasteiger partial charge in [0.25, 0.3) is 0 Å². The van der Waals surface area contributed by atoms with Gasteiger partial charge in [-0.05, 0) is 20.4 Å². The molecule has 0 fully saturated rings. The van der Waals surface area contributed by atoms with Crippen LogP contribution in [-0.4, -0.2) is 29.5 Å². The zero-order valence-corrected chi connectivity index (χ0v) is 9.86. The fraction of sp³-hybridized carbons (Fsp3) is 0.727. The number of rotatable bonds is 7. The fourth-order valence-corrected chi connectivity index (χ4v) is 1.45. The highest BCUT2D eigenvalue weighted by atomic mass is 16.5. The molecule has 0 aliphatic rings. The molecule has 0 spiro atoms. The van der Waals surface area contributed by atoms with Gasteiger partial charge in [0.1, 0.15) is 0 Å². The Labute approximate surface area is 91.6 Å². The summed E-state index contributed by atoms with van der Waals surface area (Å²) in [6, 6.07) is 0.371. The first-order valence-corrected chi connectivity index (χ1v) is 5.61. The molecule has 0 bridgehead atoms. The molecule has 0 saturated carbocycles. The molecule has 86 valence electrons. The SMILES string of the molecule is CCNC(C)c1cnn(CCOCC)c1. The van der Waals surface area contributed by atoms with E-state index in [4.69, 9.17) is 4.74 Å². The van der Waals surface area contributed by atoms with E-state index in [1.807, 2.05) is 17.8 Å². The summed E-state index contributed by atoms with van der Waals surface area (Å²) in [5, 5.41) is 7.65. The molecule has 1 N–H and O–H groups in total. The molecule has 4 heteroatoms. The third kappa shape index (κ3) is 4.01. The summed E-state index contributed by atoms with van der Waals surface area (Å²) in [4.78, 5) is 0. The molecule has 0 amide bonds. The Bertz CT molecular complexity index is 273. The Hall–Kier alpha value is -0.870. The van der Waals surface area contributed by atoms with Gasteiger partial charge in [-0.3, -0.25) is 4.68 Å². The lowest BCUT2D eigenvalue weighted by molar-refractivity contribution is 0.136. The van der Waals surface area contributed by atoms with Crippen LogP contribution >= 0.6 is 0 Å². The van der Waals surface area contributed by atoms with E-state index in [0.717, 1.165) is 26.3 Å². The molecule has 0 radical (unpaired) electrons. The lowest BCUT2D eigenvalue weighted by atomic mass is 10.2. The average molecular weight is 211 g/mol. The van der Waals surface area contributed by atoms with Gasteiger partial charge in [-0.15, -0.1) is 0 Å². The number of hydrogen-bond acceptors (Lipinski definition) is 3. The largest absolute Gasteiger partial charge is 0.380 e. The zero-order chi connectivity index (χ0) is 11.1. The Morgan fingerprint density at radius 3 is 3.00 bits per heavy atom. The molecule has 0 aromatic carbocycles. The van der Waals surface area contributed by atoms with Crippen LogP contribution in [0.3, 0.4) is 0 Å². The molecule has 1 heterocycles. The Morgan fingerprint density at radius 1 is 1.53 bits per heavy atom. The Balaban J connectivity index is 2.41. The zero-order valence-electron chi connectivity index (χ0n) is 9.86. The van der Waals surface area contributed by atoms with Gasteiger partial charge < -0.3 is 10.1 Å². The van der Waals surface area contributed by atoms with Crippen molar-refractivity contribution in [3.8, 4) is 0 Å². The van der Waals surface area contributed by atoms with Crippen LogP contribution in [0, 0.1) is 0 Å². The Kier molecular flexibility index (Phi) is 5.36. The van der Waals surface area contributed by atoms with Crippen LogP contribution in [0.15, 0.2) is 12.4 Å². The van der Waals surface area contributed by atoms with E-state index in [-0.39, 0.29) is 0 Å². The Morgan fingerprint density at radius 2 is 2.33 bits per heavy atom. The first-order chi connectivity index (χ1) is 7.27. The number of hydrogen-bond donors (Lipinski definition) is 1. The van der Waals surface area contributed by atoms with Crippen molar-refractivity contribution in [3.63, 3.8) is 0 Å². The fourth-order valence-electron chi connectivity index (χ4n) is 1.45. The quantitative estimate of drug-likeness (QED) is 0.696. The van der Waals surface area contributed by atoms with E-state index in [0.29, 0.717) is 6.04 Å². The van der Waals surface area contributed by atoms with Crippen molar-refractivity contribution in [3.05, 3.63) is 18.0 Å². The van der Waals surface area contributed by atoms with Crippen LogP contribution in [0.2, 0.25) is 0 Å². The monoisotopic (exact) mass is 211 g/mol. The summed E-state index contributed by atoms with van der Waals surface area (Å²) in [7, 11) is 0. The maximum absolute atomic E-state index is 5.28. The highest BCUT2D eigenvalue weighted by Gasteiger charge is 2.05. The van der Waals surface area contributed by atoms with Crippen molar-refractivity contribution in [1.29, 1.82) is 0 Å². The predicted molar refractivity (Wildman–Crippen MR) is 60.8 cm³/mol. The molecule has 0 aliphatic heterocycles. The van der Waals surface area contributed by atoms with Gasteiger partial charge in [-0.25, -0.2) is 0 Å². The lowest BCUT2D eigenvalue weighted by Gasteiger charge is -2.08. The normalized spacial score (nSPS) is 13.0. The highest BCUT2D eigenvalue weighted by Crippen LogP contribution is 2.10. The summed E-state index contributed by atoms with van der Waals surface area (Å²) in [5.74, 6) is 0. The first-order valence-electron chi connectivity index (χ1n) is 5.61. The lowest BCUT2D eigenvalue weighted by Crippen LogP contribution is -2.17. The second kappa shape index (κ2) is 6.58. The van der Waals surface area contributed by atoms with Crippen molar-refractivity contribution in [2.75, 3.05) is 19.8 Å². The molecule has 15 heavy (non-hydrogen) atoms. The molecule has 1 rings (SSSR count). The van der Waals surface area contributed by atoms with Gasteiger partial charge in [-0.2, -0.15) is 5.10 Å². The van der Waals surface area contributed by atoms with Gasteiger partial charge in [0.15, 0.2) is 0 Å². The summed E-state index contributed by atoms with van der Waals surface area (Å²) in [6.07, 6.45) is 3.99. The maximum Gasteiger partial charge on any atom is 0.0662 e. The molecule has 1 unspecified atom stereocenters. The molecule has 1 aromatic heterocycles. The molecule has 0 aliphatic carbocycles. The van der Waals surface area contributed by atoms with E-state index >= 15 is 0 Å². The average Bonchev–Trinajstić information content (AvgIpc) is 2.67. The molecule has 1 aromatic rings. The molecular weight excluding hydrogens is 190 g/mol. The third-order valence-corrected chi connectivity index (χ3v) is 2.33. The maximum atomic E-state index is 5.28. The third-order valence-electron chi connectivity index (χ3n) is 2.33.